The zero-order chi connectivity index (χ0) is 13.1. The highest BCUT2D eigenvalue weighted by Gasteiger charge is 2.17. The minimum atomic E-state index is 0.0334. The van der Waals surface area contributed by atoms with E-state index in [0.29, 0.717) is 17.5 Å². The fourth-order valence-electron chi connectivity index (χ4n) is 1.55. The van der Waals surface area contributed by atoms with E-state index in [0.717, 1.165) is 5.03 Å². The summed E-state index contributed by atoms with van der Waals surface area (Å²) in [5, 5.41) is 4.87. The number of hydrogen-bond donors (Lipinski definition) is 0. The van der Waals surface area contributed by atoms with Gasteiger partial charge in [0.1, 0.15) is 0 Å². The largest absolute Gasteiger partial charge is 0.461 e. The first-order valence-corrected chi connectivity index (χ1v) is 6.66. The first kappa shape index (κ1) is 12.0. The molecule has 0 saturated carbocycles. The Morgan fingerprint density at radius 2 is 2.16 bits per heavy atom. The van der Waals surface area contributed by atoms with Crippen LogP contribution in [0, 0.1) is 0 Å². The van der Waals surface area contributed by atoms with Gasteiger partial charge in [-0.25, -0.2) is 4.98 Å². The molecule has 1 unspecified atom stereocenters. The number of aromatic nitrogens is 3. The Hall–Kier alpha value is -2.08. The molecule has 0 saturated heterocycles. The van der Waals surface area contributed by atoms with Gasteiger partial charge in [-0.1, -0.05) is 23.0 Å². The van der Waals surface area contributed by atoms with Crippen LogP contribution in [-0.4, -0.2) is 15.1 Å². The molecule has 0 radical (unpaired) electrons. The summed E-state index contributed by atoms with van der Waals surface area (Å²) in [5.41, 5.74) is 0. The number of nitrogens with zero attached hydrogens (tertiary/aromatic N) is 3. The van der Waals surface area contributed by atoms with Crippen LogP contribution in [0.5, 0.6) is 0 Å². The van der Waals surface area contributed by atoms with E-state index in [1.54, 1.807) is 36.4 Å². The van der Waals surface area contributed by atoms with Crippen LogP contribution in [-0.2, 0) is 0 Å². The Labute approximate surface area is 114 Å². The number of pyridine rings is 1. The maximum absolute atomic E-state index is 5.25. The van der Waals surface area contributed by atoms with Crippen LogP contribution >= 0.6 is 11.8 Å². The molecule has 3 aromatic rings. The summed E-state index contributed by atoms with van der Waals surface area (Å²) in [6, 6.07) is 9.37. The van der Waals surface area contributed by atoms with Gasteiger partial charge in [0.05, 0.1) is 16.5 Å². The molecule has 5 nitrogen and oxygen atoms in total. The highest BCUT2D eigenvalue weighted by molar-refractivity contribution is 7.99. The van der Waals surface area contributed by atoms with E-state index in [4.69, 9.17) is 8.94 Å². The first-order chi connectivity index (χ1) is 9.33. The lowest BCUT2D eigenvalue weighted by Gasteiger charge is -2.04. The van der Waals surface area contributed by atoms with Crippen LogP contribution in [0.2, 0.25) is 0 Å². The average Bonchev–Trinajstić information content (AvgIpc) is 3.11. The van der Waals surface area contributed by atoms with Crippen LogP contribution < -0.4 is 0 Å². The van der Waals surface area contributed by atoms with Crippen molar-refractivity contribution < 1.29 is 8.94 Å². The molecule has 0 aromatic carbocycles. The lowest BCUT2D eigenvalue weighted by Crippen LogP contribution is -1.89. The Bertz CT molecular complexity index is 637. The van der Waals surface area contributed by atoms with E-state index in [9.17, 15) is 0 Å². The molecule has 0 bridgehead atoms. The molecular formula is C13H11N3O2S. The maximum atomic E-state index is 5.25. The Morgan fingerprint density at radius 3 is 2.89 bits per heavy atom. The molecule has 96 valence electrons. The second-order valence-corrected chi connectivity index (χ2v) is 5.22. The van der Waals surface area contributed by atoms with Crippen molar-refractivity contribution in [2.45, 2.75) is 17.2 Å². The molecule has 0 aliphatic carbocycles. The topological polar surface area (TPSA) is 65.0 Å². The minimum Gasteiger partial charge on any atom is -0.461 e. The molecular weight excluding hydrogens is 262 g/mol. The standard InChI is InChI=1S/C13H11N3O2S/c1-9(19-11-6-2-3-7-14-11)13-15-12(16-18-13)10-5-4-8-17-10/h2-9H,1H3. The zero-order valence-electron chi connectivity index (χ0n) is 10.2. The van der Waals surface area contributed by atoms with Crippen molar-refractivity contribution in [3.63, 3.8) is 0 Å². The second-order valence-electron chi connectivity index (χ2n) is 3.86. The van der Waals surface area contributed by atoms with E-state index in [1.165, 1.54) is 0 Å². The van der Waals surface area contributed by atoms with Crippen LogP contribution in [0.1, 0.15) is 18.1 Å². The third-order valence-electron chi connectivity index (χ3n) is 2.47. The summed E-state index contributed by atoms with van der Waals surface area (Å²) in [7, 11) is 0. The predicted molar refractivity (Wildman–Crippen MR) is 70.5 cm³/mol. The van der Waals surface area contributed by atoms with Gasteiger partial charge in [0.15, 0.2) is 5.76 Å². The molecule has 0 N–H and O–H groups in total. The van der Waals surface area contributed by atoms with Gasteiger partial charge in [-0.2, -0.15) is 4.98 Å². The molecule has 0 amide bonds. The van der Waals surface area contributed by atoms with E-state index < -0.39 is 0 Å². The van der Waals surface area contributed by atoms with Crippen molar-refractivity contribution in [3.05, 3.63) is 48.7 Å². The van der Waals surface area contributed by atoms with Gasteiger partial charge in [-0.05, 0) is 31.2 Å². The smallest absolute Gasteiger partial charge is 0.240 e. The molecule has 0 aliphatic rings. The molecule has 0 spiro atoms. The number of hydrogen-bond acceptors (Lipinski definition) is 6. The van der Waals surface area contributed by atoms with Gasteiger partial charge >= 0.3 is 0 Å². The van der Waals surface area contributed by atoms with Gasteiger partial charge in [-0.15, -0.1) is 0 Å². The Morgan fingerprint density at radius 1 is 1.21 bits per heavy atom. The highest BCUT2D eigenvalue weighted by atomic mass is 32.2. The van der Waals surface area contributed by atoms with Crippen LogP contribution in [0.25, 0.3) is 11.6 Å². The molecule has 3 aromatic heterocycles. The fourth-order valence-corrected chi connectivity index (χ4v) is 2.39. The molecule has 6 heteroatoms. The van der Waals surface area contributed by atoms with Crippen molar-refractivity contribution in [1.82, 2.24) is 15.1 Å². The fraction of sp³-hybridized carbons (Fsp3) is 0.154. The molecule has 3 heterocycles. The van der Waals surface area contributed by atoms with Crippen LogP contribution in [0.4, 0.5) is 0 Å². The zero-order valence-corrected chi connectivity index (χ0v) is 11.0. The average molecular weight is 273 g/mol. The highest BCUT2D eigenvalue weighted by Crippen LogP contribution is 2.33. The lowest BCUT2D eigenvalue weighted by atomic mass is 10.4. The SMILES string of the molecule is CC(Sc1ccccn1)c1nc(-c2ccco2)no1. The predicted octanol–water partition coefficient (Wildman–Crippen LogP) is 3.58. The summed E-state index contributed by atoms with van der Waals surface area (Å²) in [4.78, 5) is 8.58. The second kappa shape index (κ2) is 5.27. The lowest BCUT2D eigenvalue weighted by molar-refractivity contribution is 0.379. The minimum absolute atomic E-state index is 0.0334. The van der Waals surface area contributed by atoms with E-state index in [1.807, 2.05) is 25.1 Å². The number of rotatable bonds is 4. The third-order valence-corrected chi connectivity index (χ3v) is 3.50. The van der Waals surface area contributed by atoms with Crippen molar-refractivity contribution >= 4 is 11.8 Å². The summed E-state index contributed by atoms with van der Waals surface area (Å²) in [6.07, 6.45) is 3.34. The van der Waals surface area contributed by atoms with Crippen molar-refractivity contribution in [2.75, 3.05) is 0 Å². The quantitative estimate of drug-likeness (QED) is 0.677. The Balaban J connectivity index is 1.76. The van der Waals surface area contributed by atoms with Crippen LogP contribution in [0.15, 0.2) is 56.8 Å². The molecule has 3 rings (SSSR count). The maximum Gasteiger partial charge on any atom is 0.240 e. The third kappa shape index (κ3) is 2.68. The Kier molecular flexibility index (Phi) is 3.33. The van der Waals surface area contributed by atoms with Gasteiger partial charge in [0.2, 0.25) is 11.7 Å². The van der Waals surface area contributed by atoms with Crippen molar-refractivity contribution in [2.24, 2.45) is 0 Å². The van der Waals surface area contributed by atoms with Gasteiger partial charge in [0, 0.05) is 6.20 Å². The molecule has 19 heavy (non-hydrogen) atoms. The van der Waals surface area contributed by atoms with E-state index in [-0.39, 0.29) is 5.25 Å². The number of thioether (sulfide) groups is 1. The summed E-state index contributed by atoms with van der Waals surface area (Å²) in [5.74, 6) is 1.63. The molecule has 0 fully saturated rings. The van der Waals surface area contributed by atoms with Gasteiger partial charge in [0.25, 0.3) is 0 Å². The normalized spacial score (nSPS) is 12.5. The monoisotopic (exact) mass is 273 g/mol. The van der Waals surface area contributed by atoms with E-state index >= 15 is 0 Å². The summed E-state index contributed by atoms with van der Waals surface area (Å²) in [6.45, 7) is 2.00. The first-order valence-electron chi connectivity index (χ1n) is 5.78. The van der Waals surface area contributed by atoms with Crippen molar-refractivity contribution in [1.29, 1.82) is 0 Å². The summed E-state index contributed by atoms with van der Waals surface area (Å²) < 4.78 is 10.5. The van der Waals surface area contributed by atoms with E-state index in [2.05, 4.69) is 15.1 Å². The molecule has 1 atom stereocenters. The van der Waals surface area contributed by atoms with Gasteiger partial charge in [-0.3, -0.25) is 0 Å². The summed E-state index contributed by atoms with van der Waals surface area (Å²) >= 11 is 1.57. The van der Waals surface area contributed by atoms with Crippen molar-refractivity contribution in [3.8, 4) is 11.6 Å². The molecule has 0 aliphatic heterocycles. The number of furan rings is 1. The van der Waals surface area contributed by atoms with Crippen LogP contribution in [0.3, 0.4) is 0 Å². The van der Waals surface area contributed by atoms with Gasteiger partial charge < -0.3 is 8.94 Å².